The number of nitrogens with one attached hydrogen (secondary N) is 2. The summed E-state index contributed by atoms with van der Waals surface area (Å²) < 4.78 is 7.79. The average Bonchev–Trinajstić information content (AvgIpc) is 2.22. The van der Waals surface area contributed by atoms with Gasteiger partial charge in [-0.15, -0.1) is 0 Å². The second kappa shape index (κ2) is 9.34. The van der Waals surface area contributed by atoms with Crippen LogP contribution in [0.15, 0.2) is 0 Å². The molecule has 1 aliphatic heterocycles. The summed E-state index contributed by atoms with van der Waals surface area (Å²) in [5.74, 6) is 0.0818. The first-order valence-electron chi connectivity index (χ1n) is 7.35. The van der Waals surface area contributed by atoms with Gasteiger partial charge in [0, 0.05) is 0 Å². The standard InChI is InChI=1S/C4H9.2C2H5NO.2CH3.2ClH.6Ti/c1-3-4-2;2*1-2(3)4;;;;;;;;;;/h1,3-4H2,2H3;2*1H3,(H2,3,4);2*1H3;2*1H;;;;;;/q;;;;;;;;;;;+1;+3/p-4. The van der Waals surface area contributed by atoms with E-state index in [0.717, 1.165) is 12.8 Å². The summed E-state index contributed by atoms with van der Waals surface area (Å²) in [4.78, 5) is 23.6. The number of amides is 2. The SMILES string of the molecule is CCC[CH2][Ti]1[Ti]([NH]C(C)=O)[Ti][Ti]([CH3])([CH3])[Ti][Ti]1([Cl])([Cl])[NH]C(C)=O. The Labute approximate surface area is 158 Å². The van der Waals surface area contributed by atoms with Crippen molar-refractivity contribution in [2.45, 2.75) is 48.8 Å². The van der Waals surface area contributed by atoms with E-state index in [1.165, 1.54) is 4.73 Å². The van der Waals surface area contributed by atoms with E-state index in [1.807, 2.05) is 0 Å². The van der Waals surface area contributed by atoms with Gasteiger partial charge in [-0.25, -0.2) is 0 Å². The van der Waals surface area contributed by atoms with Crippen LogP contribution in [0, 0.1) is 0 Å². The summed E-state index contributed by atoms with van der Waals surface area (Å²) in [6, 6.07) is 0. The molecule has 4 nitrogen and oxygen atoms in total. The minimum atomic E-state index is -3.82. The van der Waals surface area contributed by atoms with Gasteiger partial charge in [0.15, 0.2) is 0 Å². The summed E-state index contributed by atoms with van der Waals surface area (Å²) in [7, 11) is 8.92. The van der Waals surface area contributed by atoms with E-state index in [0.29, 0.717) is 0 Å². The summed E-state index contributed by atoms with van der Waals surface area (Å²) in [5.41, 5.74) is 0. The normalized spacial score (nSPS) is 23.3. The molecule has 0 unspecified atom stereocenters. The molecule has 0 aromatic rings. The molecule has 0 spiro atoms. The van der Waals surface area contributed by atoms with Gasteiger partial charge in [0.1, 0.15) is 0 Å². The van der Waals surface area contributed by atoms with E-state index < -0.39 is 40.4 Å². The molecule has 1 heterocycles. The van der Waals surface area contributed by atoms with Gasteiger partial charge < -0.3 is 0 Å². The molecule has 1 aliphatic rings. The molecule has 123 valence electrons. The number of unbranched alkanes of at least 4 members (excludes halogenated alkanes) is 1. The maximum atomic E-state index is 11.9. The van der Waals surface area contributed by atoms with Gasteiger partial charge in [-0.05, 0) is 0 Å². The Bertz CT molecular complexity index is 465. The quantitative estimate of drug-likeness (QED) is 0.506. The zero-order chi connectivity index (χ0) is 17.2. The van der Waals surface area contributed by atoms with Crippen molar-refractivity contribution < 1.29 is 75.4 Å². The number of halogens is 2. The summed E-state index contributed by atoms with van der Waals surface area (Å²) in [6.07, 6.45) is 2.30. The van der Waals surface area contributed by atoms with Gasteiger partial charge in [0.25, 0.3) is 0 Å². The van der Waals surface area contributed by atoms with Crippen LogP contribution in [0.25, 0.3) is 0 Å². The van der Waals surface area contributed by atoms with E-state index in [-0.39, 0.29) is 37.3 Å². The number of hydrogen-bond donors (Lipinski definition) is 2. The van der Waals surface area contributed by atoms with Crippen LogP contribution in [0.3, 0.4) is 0 Å². The Kier molecular flexibility index (Phi) is 10.1. The third-order valence-corrected chi connectivity index (χ3v) is 235. The van der Waals surface area contributed by atoms with E-state index in [1.54, 1.807) is 13.8 Å². The van der Waals surface area contributed by atoms with Crippen LogP contribution >= 0.6 is 18.6 Å². The zero-order valence-corrected chi connectivity index (χ0v) is 24.6. The second-order valence-electron chi connectivity index (χ2n) is 6.21. The summed E-state index contributed by atoms with van der Waals surface area (Å²) >= 11 is -3.73. The molecule has 0 atom stereocenters. The molecule has 1 saturated heterocycles. The van der Waals surface area contributed by atoms with Crippen LogP contribution in [-0.2, 0) is 75.4 Å². The van der Waals surface area contributed by atoms with E-state index in [4.69, 9.17) is 18.6 Å². The molecule has 0 aromatic carbocycles. The van der Waals surface area contributed by atoms with Gasteiger partial charge in [-0.2, -0.15) is 0 Å². The van der Waals surface area contributed by atoms with Crippen molar-refractivity contribution in [1.82, 2.24) is 7.60 Å². The molecular weight excluding hydrogens is 538 g/mol. The van der Waals surface area contributed by atoms with E-state index in [2.05, 4.69) is 25.0 Å². The van der Waals surface area contributed by atoms with Crippen LogP contribution in [-0.4, -0.2) is 11.8 Å². The fraction of sp³-hybridized carbons (Fsp3) is 0.800. The molecule has 2 amide bonds. The molecule has 0 aromatic heterocycles. The van der Waals surface area contributed by atoms with Crippen LogP contribution < -0.4 is 7.60 Å². The average molecular weight is 561 g/mol. The van der Waals surface area contributed by atoms with Gasteiger partial charge >= 0.3 is 162 Å². The Morgan fingerprint density at radius 2 is 1.82 bits per heavy atom. The second-order valence-corrected chi connectivity index (χ2v) is 114. The molecule has 12 heteroatoms. The predicted octanol–water partition coefficient (Wildman–Crippen LogP) is 3.46. The third-order valence-electron chi connectivity index (χ3n) is 3.28. The van der Waals surface area contributed by atoms with E-state index in [9.17, 15) is 9.59 Å². The molecule has 0 bridgehead atoms. The van der Waals surface area contributed by atoms with Gasteiger partial charge in [0.2, 0.25) is 0 Å². The van der Waals surface area contributed by atoms with Crippen molar-refractivity contribution >= 4 is 30.4 Å². The molecule has 0 saturated carbocycles. The van der Waals surface area contributed by atoms with Crippen molar-refractivity contribution in [3.8, 4) is 0 Å². The van der Waals surface area contributed by atoms with Crippen molar-refractivity contribution in [3.05, 3.63) is 0 Å². The fourth-order valence-electron chi connectivity index (χ4n) is 2.66. The first-order valence-corrected chi connectivity index (χ1v) is 41.4. The van der Waals surface area contributed by atoms with Gasteiger partial charge in [-0.3, -0.25) is 0 Å². The first kappa shape index (κ1) is 23.8. The minimum absolute atomic E-state index is 0.0165. The molecule has 22 heavy (non-hydrogen) atoms. The van der Waals surface area contributed by atoms with Crippen molar-refractivity contribution in [3.63, 3.8) is 0 Å². The Morgan fingerprint density at radius 1 is 1.23 bits per heavy atom. The number of carbonyl (C=O) groups is 2. The molecule has 0 aliphatic carbocycles. The number of rotatable bonds is 5. The first-order chi connectivity index (χ1) is 9.88. The topological polar surface area (TPSA) is 58.2 Å². The zero-order valence-electron chi connectivity index (χ0n) is 13.7. The van der Waals surface area contributed by atoms with Crippen LogP contribution in [0.1, 0.15) is 33.6 Å². The molecule has 1 rings (SSSR count). The monoisotopic (exact) mass is 561 g/mol. The molecule has 2 N–H and O–H groups in total. The molecule has 1 fully saturated rings. The van der Waals surface area contributed by atoms with E-state index >= 15 is 0 Å². The fourth-order valence-corrected chi connectivity index (χ4v) is 546. The third kappa shape index (κ3) is 7.08. The van der Waals surface area contributed by atoms with Gasteiger partial charge in [-0.1, -0.05) is 0 Å². The Morgan fingerprint density at radius 3 is 2.27 bits per heavy atom. The number of carbonyl (C=O) groups excluding carboxylic acids is 2. The summed E-state index contributed by atoms with van der Waals surface area (Å²) in [5, 5.41) is 4.94. The predicted molar refractivity (Wildman–Crippen MR) is 70.8 cm³/mol. The van der Waals surface area contributed by atoms with Crippen LogP contribution in [0.2, 0.25) is 15.2 Å². The molecular formula is C10H23Cl2N2O2Ti6. The van der Waals surface area contributed by atoms with Crippen molar-refractivity contribution in [2.75, 3.05) is 0 Å². The van der Waals surface area contributed by atoms with Crippen molar-refractivity contribution in [2.24, 2.45) is 0 Å². The van der Waals surface area contributed by atoms with Crippen molar-refractivity contribution in [1.29, 1.82) is 0 Å². The summed E-state index contributed by atoms with van der Waals surface area (Å²) in [6.45, 7) is 5.39. The van der Waals surface area contributed by atoms with Crippen LogP contribution in [0.4, 0.5) is 0 Å². The maximum absolute atomic E-state index is 11.9. The Hall–Kier alpha value is 3.81. The van der Waals surface area contributed by atoms with Crippen LogP contribution in [0.5, 0.6) is 0 Å². The van der Waals surface area contributed by atoms with Gasteiger partial charge in [0.05, 0.1) is 0 Å². The Balaban J connectivity index is 3.26. The number of hydrogen-bond acceptors (Lipinski definition) is 2. The molecule has 0 radical (unpaired) electrons.